The van der Waals surface area contributed by atoms with Crippen molar-refractivity contribution in [2.45, 2.75) is 20.0 Å². The summed E-state index contributed by atoms with van der Waals surface area (Å²) in [4.78, 5) is 13.5. The molecule has 0 amide bonds. The normalized spacial score (nSPS) is 11.7. The zero-order chi connectivity index (χ0) is 19.2. The molecule has 28 heavy (non-hydrogen) atoms. The van der Waals surface area contributed by atoms with Gasteiger partial charge < -0.3 is 15.1 Å². The molecule has 4 rings (SSSR count). The fourth-order valence-electron chi connectivity index (χ4n) is 2.73. The summed E-state index contributed by atoms with van der Waals surface area (Å²) < 4.78 is 7.14. The maximum Gasteiger partial charge on any atom is 0.192 e. The van der Waals surface area contributed by atoms with E-state index in [9.17, 15) is 0 Å². The molecule has 2 N–H and O–H groups in total. The van der Waals surface area contributed by atoms with Crippen molar-refractivity contribution in [3.05, 3.63) is 72.2 Å². The first-order chi connectivity index (χ1) is 13.8. The van der Waals surface area contributed by atoms with Gasteiger partial charge in [-0.05, 0) is 43.3 Å². The van der Waals surface area contributed by atoms with E-state index in [2.05, 4.69) is 31.7 Å². The van der Waals surface area contributed by atoms with Crippen molar-refractivity contribution in [3.63, 3.8) is 0 Å². The predicted octanol–water partition coefficient (Wildman–Crippen LogP) is 4.21. The number of thiazole rings is 1. The minimum atomic E-state index is 0.519. The lowest BCUT2D eigenvalue weighted by atomic mass is 10.3. The summed E-state index contributed by atoms with van der Waals surface area (Å²) in [6, 6.07) is 17.9. The number of hydrogen-bond donors (Lipinski definition) is 2. The van der Waals surface area contributed by atoms with Crippen LogP contribution in [0, 0.1) is 0 Å². The molecular formula is C21H21N5OS. The summed E-state index contributed by atoms with van der Waals surface area (Å²) in [5.41, 5.74) is 1.92. The number of furan rings is 1. The number of pyridine rings is 1. The van der Waals surface area contributed by atoms with Gasteiger partial charge in [-0.1, -0.05) is 18.2 Å². The topological polar surface area (TPSA) is 75.3 Å². The number of nitrogens with zero attached hydrogens (tertiary/aromatic N) is 3. The molecule has 6 nitrogen and oxygen atoms in total. The number of aromatic nitrogens is 2. The lowest BCUT2D eigenvalue weighted by Crippen LogP contribution is -2.36. The first-order valence-electron chi connectivity index (χ1n) is 9.18. The van der Waals surface area contributed by atoms with Crippen molar-refractivity contribution in [2.75, 3.05) is 6.54 Å². The molecule has 0 bridgehead atoms. The zero-order valence-electron chi connectivity index (χ0n) is 15.6. The average molecular weight is 392 g/mol. The van der Waals surface area contributed by atoms with E-state index in [0.717, 1.165) is 44.9 Å². The van der Waals surface area contributed by atoms with Crippen molar-refractivity contribution < 1.29 is 4.42 Å². The Balaban J connectivity index is 1.42. The lowest BCUT2D eigenvalue weighted by molar-refractivity contribution is 0.513. The largest absolute Gasteiger partial charge is 0.457 e. The number of para-hydroxylation sites is 1. The summed E-state index contributed by atoms with van der Waals surface area (Å²) >= 11 is 1.63. The second-order valence-electron chi connectivity index (χ2n) is 6.12. The summed E-state index contributed by atoms with van der Waals surface area (Å²) in [6.45, 7) is 3.88. The van der Waals surface area contributed by atoms with Gasteiger partial charge in [0.2, 0.25) is 0 Å². The number of hydrogen-bond acceptors (Lipinski definition) is 5. The van der Waals surface area contributed by atoms with Crippen LogP contribution in [0.1, 0.15) is 18.4 Å². The third-order valence-electron chi connectivity index (χ3n) is 4.07. The van der Waals surface area contributed by atoms with E-state index in [0.29, 0.717) is 13.1 Å². The molecular weight excluding hydrogens is 370 g/mol. The molecule has 4 aromatic rings. The Morgan fingerprint density at radius 1 is 1.07 bits per heavy atom. The molecule has 3 aromatic heterocycles. The number of nitrogens with one attached hydrogen (secondary N) is 2. The Morgan fingerprint density at radius 3 is 2.79 bits per heavy atom. The third kappa shape index (κ3) is 4.37. The lowest BCUT2D eigenvalue weighted by Gasteiger charge is -2.10. The van der Waals surface area contributed by atoms with Gasteiger partial charge in [-0.2, -0.15) is 0 Å². The highest BCUT2D eigenvalue weighted by Crippen LogP contribution is 2.31. The molecule has 0 saturated heterocycles. The first kappa shape index (κ1) is 18.2. The summed E-state index contributed by atoms with van der Waals surface area (Å²) in [5, 5.41) is 7.43. The Morgan fingerprint density at radius 2 is 1.96 bits per heavy atom. The fourth-order valence-corrected chi connectivity index (χ4v) is 3.66. The smallest absolute Gasteiger partial charge is 0.192 e. The van der Waals surface area contributed by atoms with Crippen molar-refractivity contribution >= 4 is 27.5 Å². The molecule has 0 atom stereocenters. The van der Waals surface area contributed by atoms with Crippen molar-refractivity contribution in [1.29, 1.82) is 0 Å². The molecule has 0 unspecified atom stereocenters. The first-order valence-corrected chi connectivity index (χ1v) is 10.00. The molecule has 0 aliphatic rings. The highest BCUT2D eigenvalue weighted by atomic mass is 32.1. The Labute approximate surface area is 167 Å². The van der Waals surface area contributed by atoms with Gasteiger partial charge in [0.15, 0.2) is 16.7 Å². The van der Waals surface area contributed by atoms with Gasteiger partial charge in [0, 0.05) is 12.7 Å². The molecule has 0 saturated carbocycles. The second kappa shape index (κ2) is 8.67. The van der Waals surface area contributed by atoms with Crippen LogP contribution in [-0.4, -0.2) is 22.5 Å². The van der Waals surface area contributed by atoms with Crippen molar-refractivity contribution in [1.82, 2.24) is 20.6 Å². The summed E-state index contributed by atoms with van der Waals surface area (Å²) in [5.74, 6) is 2.34. The fraction of sp³-hybridized carbons (Fsp3) is 0.190. The predicted molar refractivity (Wildman–Crippen MR) is 113 cm³/mol. The van der Waals surface area contributed by atoms with E-state index < -0.39 is 0 Å². The van der Waals surface area contributed by atoms with E-state index in [-0.39, 0.29) is 0 Å². The van der Waals surface area contributed by atoms with Gasteiger partial charge >= 0.3 is 0 Å². The summed E-state index contributed by atoms with van der Waals surface area (Å²) in [7, 11) is 0. The number of aliphatic imine (C=N–C) groups is 1. The number of benzene rings is 1. The molecule has 0 radical (unpaired) electrons. The second-order valence-corrected chi connectivity index (χ2v) is 7.15. The highest BCUT2D eigenvalue weighted by Gasteiger charge is 2.10. The van der Waals surface area contributed by atoms with E-state index in [4.69, 9.17) is 4.42 Å². The molecule has 1 aromatic carbocycles. The van der Waals surface area contributed by atoms with Crippen LogP contribution < -0.4 is 10.6 Å². The zero-order valence-corrected chi connectivity index (χ0v) is 16.4. The highest BCUT2D eigenvalue weighted by molar-refractivity contribution is 7.21. The molecule has 7 heteroatoms. The molecule has 3 heterocycles. The Kier molecular flexibility index (Phi) is 5.63. The van der Waals surface area contributed by atoms with E-state index in [1.54, 1.807) is 17.5 Å². The molecule has 0 spiro atoms. The van der Waals surface area contributed by atoms with Crippen molar-refractivity contribution in [2.24, 2.45) is 4.99 Å². The van der Waals surface area contributed by atoms with Gasteiger partial charge in [0.05, 0.1) is 29.0 Å². The molecule has 0 aliphatic carbocycles. The minimum Gasteiger partial charge on any atom is -0.457 e. The standard InChI is InChI=1S/C21H21N5OS/c1-2-22-21(24-13-15-7-5-6-12-23-15)25-14-16-10-11-18(27-16)20-26-17-8-3-4-9-19(17)28-20/h3-12H,2,13-14H2,1H3,(H2,22,24,25). The molecule has 142 valence electrons. The van der Waals surface area contributed by atoms with Crippen molar-refractivity contribution in [3.8, 4) is 10.8 Å². The average Bonchev–Trinajstić information content (AvgIpc) is 3.37. The van der Waals surface area contributed by atoms with Crippen LogP contribution in [0.25, 0.3) is 21.0 Å². The van der Waals surface area contributed by atoms with Gasteiger partial charge in [-0.25, -0.2) is 9.98 Å². The molecule has 0 fully saturated rings. The molecule has 0 aliphatic heterocycles. The monoisotopic (exact) mass is 391 g/mol. The maximum absolute atomic E-state index is 5.98. The van der Waals surface area contributed by atoms with Crippen LogP contribution in [-0.2, 0) is 13.1 Å². The van der Waals surface area contributed by atoms with Crippen LogP contribution in [0.5, 0.6) is 0 Å². The SMILES string of the molecule is CCNC(=NCc1ccccn1)NCc1ccc(-c2nc3ccccc3s2)o1. The van der Waals surface area contributed by atoms with E-state index in [1.807, 2.05) is 55.5 Å². The van der Waals surface area contributed by atoms with Crippen LogP contribution >= 0.6 is 11.3 Å². The van der Waals surface area contributed by atoms with Gasteiger partial charge in [0.25, 0.3) is 0 Å². The summed E-state index contributed by atoms with van der Waals surface area (Å²) in [6.07, 6.45) is 1.78. The minimum absolute atomic E-state index is 0.519. The van der Waals surface area contributed by atoms with Gasteiger partial charge in [-0.3, -0.25) is 4.98 Å². The van der Waals surface area contributed by atoms with Crippen LogP contribution in [0.3, 0.4) is 0 Å². The van der Waals surface area contributed by atoms with E-state index >= 15 is 0 Å². The number of rotatable bonds is 6. The van der Waals surface area contributed by atoms with Crippen LogP contribution in [0.2, 0.25) is 0 Å². The van der Waals surface area contributed by atoms with Gasteiger partial charge in [-0.15, -0.1) is 11.3 Å². The number of fused-ring (bicyclic) bond motifs is 1. The third-order valence-corrected chi connectivity index (χ3v) is 5.12. The van der Waals surface area contributed by atoms with E-state index in [1.165, 1.54) is 0 Å². The quantitative estimate of drug-likeness (QED) is 0.380. The van der Waals surface area contributed by atoms with Crippen LogP contribution in [0.15, 0.2) is 70.2 Å². The Bertz CT molecular complexity index is 1040. The Hall–Kier alpha value is -3.19. The maximum atomic E-state index is 5.98. The number of guanidine groups is 1. The van der Waals surface area contributed by atoms with Gasteiger partial charge in [0.1, 0.15) is 5.76 Å². The van der Waals surface area contributed by atoms with Crippen LogP contribution in [0.4, 0.5) is 0 Å².